The Balaban J connectivity index is 1.42. The summed E-state index contributed by atoms with van der Waals surface area (Å²) in [6, 6.07) is 7.69. The van der Waals surface area contributed by atoms with Crippen LogP contribution in [0, 0.1) is 6.92 Å². The topological polar surface area (TPSA) is 104 Å². The maximum atomic E-state index is 12.5. The van der Waals surface area contributed by atoms with E-state index in [9.17, 15) is 9.59 Å². The van der Waals surface area contributed by atoms with Crippen LogP contribution in [0.4, 0.5) is 0 Å². The molecule has 0 atom stereocenters. The van der Waals surface area contributed by atoms with Crippen molar-refractivity contribution in [2.24, 2.45) is 5.73 Å². The highest BCUT2D eigenvalue weighted by Crippen LogP contribution is 2.29. The predicted octanol–water partition coefficient (Wildman–Crippen LogP) is 2.11. The van der Waals surface area contributed by atoms with Crippen LogP contribution in [0.3, 0.4) is 0 Å². The molecule has 2 amide bonds. The van der Waals surface area contributed by atoms with Crippen LogP contribution in [0.25, 0.3) is 10.9 Å². The number of aromatic nitrogens is 2. The number of hydrogen-bond acceptors (Lipinski definition) is 5. The molecule has 3 aromatic rings. The molecule has 0 unspecified atom stereocenters. The van der Waals surface area contributed by atoms with E-state index in [0.29, 0.717) is 24.7 Å². The highest BCUT2D eigenvalue weighted by Gasteiger charge is 2.26. The number of hydrogen-bond donors (Lipinski definition) is 1. The van der Waals surface area contributed by atoms with Crippen LogP contribution in [0.15, 0.2) is 41.1 Å². The monoisotopic (exact) mass is 382 g/mol. The van der Waals surface area contributed by atoms with E-state index in [4.69, 9.17) is 14.9 Å². The van der Waals surface area contributed by atoms with E-state index in [1.54, 1.807) is 11.8 Å². The fourth-order valence-electron chi connectivity index (χ4n) is 3.58. The lowest BCUT2D eigenvalue weighted by atomic mass is 10.1. The molecule has 1 fully saturated rings. The lowest BCUT2D eigenvalue weighted by molar-refractivity contribution is -0.118. The number of carbonyl (C=O) groups is 2. The third kappa shape index (κ3) is 3.58. The number of benzene rings is 1. The van der Waals surface area contributed by atoms with Crippen molar-refractivity contribution in [1.29, 1.82) is 0 Å². The van der Waals surface area contributed by atoms with Crippen LogP contribution in [-0.2, 0) is 11.3 Å². The van der Waals surface area contributed by atoms with Crippen LogP contribution < -0.4 is 10.5 Å². The van der Waals surface area contributed by atoms with Crippen LogP contribution in [0.2, 0.25) is 0 Å². The van der Waals surface area contributed by atoms with Crippen molar-refractivity contribution in [1.82, 2.24) is 14.5 Å². The SMILES string of the molecule is Cc1nc(C(=O)N2CCC(Oc3cccc4c3ccn4CC(N)=O)CC2)co1. The van der Waals surface area contributed by atoms with Gasteiger partial charge in [0.15, 0.2) is 11.6 Å². The Kier molecular flexibility index (Phi) is 4.77. The molecule has 1 aliphatic rings. The Morgan fingerprint density at radius 1 is 1.29 bits per heavy atom. The summed E-state index contributed by atoms with van der Waals surface area (Å²) in [7, 11) is 0. The lowest BCUT2D eigenvalue weighted by Gasteiger charge is -2.31. The van der Waals surface area contributed by atoms with Gasteiger partial charge in [-0.1, -0.05) is 6.07 Å². The summed E-state index contributed by atoms with van der Waals surface area (Å²) < 4.78 is 13.2. The van der Waals surface area contributed by atoms with Crippen LogP contribution in [0.1, 0.15) is 29.2 Å². The Bertz CT molecular complexity index is 1010. The van der Waals surface area contributed by atoms with E-state index in [1.165, 1.54) is 6.26 Å². The molecule has 4 rings (SSSR count). The second-order valence-electron chi connectivity index (χ2n) is 6.96. The zero-order valence-electron chi connectivity index (χ0n) is 15.6. The first-order chi connectivity index (χ1) is 13.5. The summed E-state index contributed by atoms with van der Waals surface area (Å²) in [5.41, 5.74) is 6.56. The minimum absolute atomic E-state index is 0.0215. The zero-order chi connectivity index (χ0) is 19.7. The van der Waals surface area contributed by atoms with Gasteiger partial charge in [-0.25, -0.2) is 4.98 Å². The van der Waals surface area contributed by atoms with E-state index in [-0.39, 0.29) is 24.5 Å². The third-order valence-corrected chi connectivity index (χ3v) is 4.96. The number of amides is 2. The third-order valence-electron chi connectivity index (χ3n) is 4.96. The number of piperidine rings is 1. The van der Waals surface area contributed by atoms with Gasteiger partial charge in [0.1, 0.15) is 24.7 Å². The van der Waals surface area contributed by atoms with Crippen LogP contribution in [0.5, 0.6) is 5.75 Å². The number of aryl methyl sites for hydroxylation is 1. The van der Waals surface area contributed by atoms with Gasteiger partial charge in [-0.2, -0.15) is 0 Å². The molecule has 0 bridgehead atoms. The van der Waals surface area contributed by atoms with E-state index >= 15 is 0 Å². The second-order valence-corrected chi connectivity index (χ2v) is 6.96. The molecule has 1 aromatic carbocycles. The number of rotatable bonds is 5. The highest BCUT2D eigenvalue weighted by molar-refractivity contribution is 5.92. The van der Waals surface area contributed by atoms with Crippen LogP contribution >= 0.6 is 0 Å². The molecule has 8 nitrogen and oxygen atoms in total. The molecule has 0 spiro atoms. The first-order valence-corrected chi connectivity index (χ1v) is 9.25. The van der Waals surface area contributed by atoms with Gasteiger partial charge >= 0.3 is 0 Å². The first-order valence-electron chi connectivity index (χ1n) is 9.25. The van der Waals surface area contributed by atoms with E-state index in [0.717, 1.165) is 29.5 Å². The molecule has 8 heteroatoms. The molecule has 1 aliphatic heterocycles. The van der Waals surface area contributed by atoms with Crippen molar-refractivity contribution in [2.45, 2.75) is 32.4 Å². The quantitative estimate of drug-likeness (QED) is 0.728. The van der Waals surface area contributed by atoms with Crippen molar-refractivity contribution < 1.29 is 18.7 Å². The van der Waals surface area contributed by atoms with Gasteiger partial charge in [-0.05, 0) is 18.2 Å². The van der Waals surface area contributed by atoms with E-state index in [1.807, 2.05) is 35.0 Å². The van der Waals surface area contributed by atoms with E-state index < -0.39 is 0 Å². The number of nitrogens with two attached hydrogens (primary N) is 1. The van der Waals surface area contributed by atoms with Gasteiger partial charge < -0.3 is 24.4 Å². The standard InChI is InChI=1S/C20H22N4O4/c1-13-22-16(12-27-13)20(26)23-8-5-14(6-9-23)28-18-4-2-3-17-15(18)7-10-24(17)11-19(21)25/h2-4,7,10,12,14H,5-6,8-9,11H2,1H3,(H2,21,25). The maximum Gasteiger partial charge on any atom is 0.275 e. The van der Waals surface area contributed by atoms with Gasteiger partial charge in [0.2, 0.25) is 5.91 Å². The Hall–Kier alpha value is -3.29. The molecule has 1 saturated heterocycles. The van der Waals surface area contributed by atoms with Crippen molar-refractivity contribution >= 4 is 22.7 Å². The second kappa shape index (κ2) is 7.38. The largest absolute Gasteiger partial charge is 0.490 e. The molecular formula is C20H22N4O4. The Morgan fingerprint density at radius 2 is 2.07 bits per heavy atom. The van der Waals surface area contributed by atoms with Crippen molar-refractivity contribution in [3.63, 3.8) is 0 Å². The summed E-state index contributed by atoms with van der Waals surface area (Å²) in [4.78, 5) is 29.6. The minimum Gasteiger partial charge on any atom is -0.490 e. The number of nitrogens with zero attached hydrogens (tertiary/aromatic N) is 3. The average Bonchev–Trinajstić information content (AvgIpc) is 3.29. The predicted molar refractivity (Wildman–Crippen MR) is 102 cm³/mol. The minimum atomic E-state index is -0.386. The van der Waals surface area contributed by atoms with Crippen LogP contribution in [-0.4, -0.2) is 45.5 Å². The summed E-state index contributed by atoms with van der Waals surface area (Å²) in [5.74, 6) is 0.764. The van der Waals surface area contributed by atoms with Crippen molar-refractivity contribution in [3.05, 3.63) is 48.3 Å². The Labute approximate surface area is 161 Å². The number of fused-ring (bicyclic) bond motifs is 1. The molecule has 0 radical (unpaired) electrons. The lowest BCUT2D eigenvalue weighted by Crippen LogP contribution is -2.41. The summed E-state index contributed by atoms with van der Waals surface area (Å²) >= 11 is 0. The first kappa shape index (κ1) is 18.1. The number of ether oxygens (including phenoxy) is 1. The average molecular weight is 382 g/mol. The van der Waals surface area contributed by atoms with Gasteiger partial charge in [-0.3, -0.25) is 9.59 Å². The maximum absolute atomic E-state index is 12.5. The number of primary amides is 1. The van der Waals surface area contributed by atoms with Gasteiger partial charge in [0.05, 0.1) is 5.52 Å². The van der Waals surface area contributed by atoms with Gasteiger partial charge in [0.25, 0.3) is 5.91 Å². The summed E-state index contributed by atoms with van der Waals surface area (Å²) in [6.45, 7) is 3.06. The molecule has 146 valence electrons. The molecule has 2 N–H and O–H groups in total. The smallest absolute Gasteiger partial charge is 0.275 e. The van der Waals surface area contributed by atoms with Gasteiger partial charge in [0, 0.05) is 44.4 Å². The molecule has 2 aromatic heterocycles. The van der Waals surface area contributed by atoms with Gasteiger partial charge in [-0.15, -0.1) is 0 Å². The fraction of sp³-hybridized carbons (Fsp3) is 0.350. The molecule has 3 heterocycles. The normalized spacial score (nSPS) is 15.1. The molecular weight excluding hydrogens is 360 g/mol. The highest BCUT2D eigenvalue weighted by atomic mass is 16.5. The number of oxazole rings is 1. The fourth-order valence-corrected chi connectivity index (χ4v) is 3.58. The molecule has 28 heavy (non-hydrogen) atoms. The Morgan fingerprint density at radius 3 is 2.75 bits per heavy atom. The van der Waals surface area contributed by atoms with E-state index in [2.05, 4.69) is 4.98 Å². The van der Waals surface area contributed by atoms with Crippen molar-refractivity contribution in [3.8, 4) is 5.75 Å². The van der Waals surface area contributed by atoms with Crippen molar-refractivity contribution in [2.75, 3.05) is 13.1 Å². The number of carbonyl (C=O) groups excluding carboxylic acids is 2. The zero-order valence-corrected chi connectivity index (χ0v) is 15.6. The summed E-state index contributed by atoms with van der Waals surface area (Å²) in [6.07, 6.45) is 4.73. The molecule has 0 saturated carbocycles. The molecule has 0 aliphatic carbocycles. The number of likely N-dealkylation sites (tertiary alicyclic amines) is 1. The summed E-state index contributed by atoms with van der Waals surface area (Å²) in [5, 5.41) is 0.945.